The second-order valence-electron chi connectivity index (χ2n) is 8.54. The van der Waals surface area contributed by atoms with Crippen LogP contribution in [0.2, 0.25) is 0 Å². The maximum Gasteiger partial charge on any atom is 0.338 e. The fourth-order valence-electron chi connectivity index (χ4n) is 3.65. The van der Waals surface area contributed by atoms with E-state index >= 15 is 0 Å². The van der Waals surface area contributed by atoms with Crippen molar-refractivity contribution in [1.29, 1.82) is 0 Å². The minimum Gasteiger partial charge on any atom is -0.423 e. The molecule has 0 aromatic heterocycles. The summed E-state index contributed by atoms with van der Waals surface area (Å²) in [5, 5.41) is 0. The summed E-state index contributed by atoms with van der Waals surface area (Å²) in [6.07, 6.45) is 0. The highest BCUT2D eigenvalue weighted by atomic mass is 19.1. The lowest BCUT2D eigenvalue weighted by molar-refractivity contribution is -0.130. The third-order valence-corrected chi connectivity index (χ3v) is 5.44. The van der Waals surface area contributed by atoms with E-state index in [1.165, 1.54) is 19.1 Å². The van der Waals surface area contributed by atoms with Crippen molar-refractivity contribution < 1.29 is 32.9 Å². The van der Waals surface area contributed by atoms with E-state index in [4.69, 9.17) is 18.9 Å². The smallest absolute Gasteiger partial charge is 0.338 e. The number of esters is 2. The van der Waals surface area contributed by atoms with Crippen molar-refractivity contribution in [2.75, 3.05) is 14.2 Å². The second kappa shape index (κ2) is 12.3. The Morgan fingerprint density at radius 1 is 0.703 bits per heavy atom. The summed E-state index contributed by atoms with van der Waals surface area (Å²) < 4.78 is 36.3. The Hall–Kier alpha value is -4.07. The Bertz CT molecular complexity index is 1360. The number of carbonyl (C=O) groups is 2. The molecular weight excluding hydrogens is 475 g/mol. The third kappa shape index (κ3) is 6.78. The SMILES string of the molecule is C=C(C)C(=O)Oc1ccc(-c2ccc(-c3ccc(OC(=O)C(=C)C)cc3COC)c(COC)c2)c(F)c1. The maximum absolute atomic E-state index is 15.0. The Morgan fingerprint density at radius 2 is 1.16 bits per heavy atom. The summed E-state index contributed by atoms with van der Waals surface area (Å²) in [4.78, 5) is 23.7. The van der Waals surface area contributed by atoms with Gasteiger partial charge in [-0.15, -0.1) is 0 Å². The number of methoxy groups -OCH3 is 2. The number of hydrogen-bond acceptors (Lipinski definition) is 6. The lowest BCUT2D eigenvalue weighted by atomic mass is 9.92. The van der Waals surface area contributed by atoms with Crippen LogP contribution in [0, 0.1) is 5.82 Å². The van der Waals surface area contributed by atoms with Gasteiger partial charge in [-0.05, 0) is 72.0 Å². The van der Waals surface area contributed by atoms with Crippen LogP contribution in [-0.2, 0) is 32.3 Å². The topological polar surface area (TPSA) is 71.1 Å². The molecule has 0 saturated carbocycles. The van der Waals surface area contributed by atoms with E-state index in [9.17, 15) is 14.0 Å². The molecule has 0 aliphatic carbocycles. The molecule has 3 rings (SSSR count). The van der Waals surface area contributed by atoms with Crippen LogP contribution in [0.25, 0.3) is 22.3 Å². The van der Waals surface area contributed by atoms with Gasteiger partial charge in [0.25, 0.3) is 0 Å². The second-order valence-corrected chi connectivity index (χ2v) is 8.54. The molecule has 0 spiro atoms. The fraction of sp³-hybridized carbons (Fsp3) is 0.200. The van der Waals surface area contributed by atoms with Crippen LogP contribution in [0.4, 0.5) is 4.39 Å². The Morgan fingerprint density at radius 3 is 1.65 bits per heavy atom. The largest absolute Gasteiger partial charge is 0.423 e. The van der Waals surface area contributed by atoms with Crippen LogP contribution < -0.4 is 9.47 Å². The van der Waals surface area contributed by atoms with E-state index in [-0.39, 0.29) is 24.5 Å². The standard InChI is InChI=1S/C30H29FO6/c1-18(2)29(32)36-23-8-11-26(22(14-23)17-35-6)25-10-7-20(13-21(25)16-34-5)27-12-9-24(15-28(27)31)37-30(33)19(3)4/h7-15H,1,3,16-17H2,2,4-6H3. The molecule has 3 aromatic carbocycles. The molecule has 0 aliphatic rings. The van der Waals surface area contributed by atoms with Crippen LogP contribution in [-0.4, -0.2) is 26.2 Å². The molecule has 0 bridgehead atoms. The number of rotatable bonds is 10. The number of carbonyl (C=O) groups excluding carboxylic acids is 2. The Balaban J connectivity index is 2.01. The van der Waals surface area contributed by atoms with Crippen molar-refractivity contribution in [2.24, 2.45) is 0 Å². The molecule has 0 N–H and O–H groups in total. The van der Waals surface area contributed by atoms with E-state index in [0.29, 0.717) is 22.4 Å². The van der Waals surface area contributed by atoms with Crippen LogP contribution in [0.1, 0.15) is 25.0 Å². The monoisotopic (exact) mass is 504 g/mol. The van der Waals surface area contributed by atoms with Crippen LogP contribution in [0.3, 0.4) is 0 Å². The first-order valence-electron chi connectivity index (χ1n) is 11.4. The minimum atomic E-state index is -0.619. The fourth-order valence-corrected chi connectivity index (χ4v) is 3.65. The van der Waals surface area contributed by atoms with E-state index in [1.54, 1.807) is 45.4 Å². The highest BCUT2D eigenvalue weighted by Crippen LogP contribution is 2.35. The molecule has 0 unspecified atom stereocenters. The van der Waals surface area contributed by atoms with Gasteiger partial charge in [-0.25, -0.2) is 14.0 Å². The molecule has 37 heavy (non-hydrogen) atoms. The van der Waals surface area contributed by atoms with Crippen molar-refractivity contribution >= 4 is 11.9 Å². The maximum atomic E-state index is 15.0. The van der Waals surface area contributed by atoms with Gasteiger partial charge in [-0.3, -0.25) is 0 Å². The molecular formula is C30H29FO6. The van der Waals surface area contributed by atoms with Gasteiger partial charge in [0.15, 0.2) is 0 Å². The van der Waals surface area contributed by atoms with E-state index < -0.39 is 17.8 Å². The number of hydrogen-bond donors (Lipinski definition) is 0. The molecule has 0 fully saturated rings. The quantitative estimate of drug-likeness (QED) is 0.180. The van der Waals surface area contributed by atoms with Crippen molar-refractivity contribution in [2.45, 2.75) is 27.1 Å². The van der Waals surface area contributed by atoms with Crippen LogP contribution in [0.15, 0.2) is 78.9 Å². The van der Waals surface area contributed by atoms with Gasteiger partial charge in [-0.1, -0.05) is 31.4 Å². The van der Waals surface area contributed by atoms with Gasteiger partial charge in [0.05, 0.1) is 13.2 Å². The number of ether oxygens (including phenoxy) is 4. The molecule has 0 atom stereocenters. The summed E-state index contributed by atoms with van der Waals surface area (Å²) in [5.41, 5.74) is 4.84. The lowest BCUT2D eigenvalue weighted by Gasteiger charge is -2.17. The molecule has 0 radical (unpaired) electrons. The van der Waals surface area contributed by atoms with Crippen molar-refractivity contribution in [1.82, 2.24) is 0 Å². The third-order valence-electron chi connectivity index (χ3n) is 5.44. The average molecular weight is 505 g/mol. The van der Waals surface area contributed by atoms with Crippen molar-refractivity contribution in [3.63, 3.8) is 0 Å². The molecule has 0 amide bonds. The first kappa shape index (κ1) is 27.5. The molecule has 192 valence electrons. The van der Waals surface area contributed by atoms with Crippen molar-refractivity contribution in [3.05, 3.63) is 95.8 Å². The molecule has 7 heteroatoms. The van der Waals surface area contributed by atoms with Gasteiger partial charge in [-0.2, -0.15) is 0 Å². The Kier molecular flexibility index (Phi) is 9.11. The first-order valence-corrected chi connectivity index (χ1v) is 11.4. The van der Waals surface area contributed by atoms with Gasteiger partial charge in [0, 0.05) is 37.0 Å². The van der Waals surface area contributed by atoms with Gasteiger partial charge in [0.2, 0.25) is 0 Å². The Labute approximate surface area is 215 Å². The minimum absolute atomic E-state index is 0.0969. The predicted molar refractivity (Wildman–Crippen MR) is 140 cm³/mol. The lowest BCUT2D eigenvalue weighted by Crippen LogP contribution is -2.08. The molecule has 0 saturated heterocycles. The first-order chi connectivity index (χ1) is 17.6. The summed E-state index contributed by atoms with van der Waals surface area (Å²) in [6.45, 7) is 10.8. The van der Waals surface area contributed by atoms with Gasteiger partial charge >= 0.3 is 11.9 Å². The highest BCUT2D eigenvalue weighted by Gasteiger charge is 2.16. The van der Waals surface area contributed by atoms with Gasteiger partial charge in [0.1, 0.15) is 17.3 Å². The molecule has 3 aromatic rings. The van der Waals surface area contributed by atoms with E-state index in [2.05, 4.69) is 13.2 Å². The highest BCUT2D eigenvalue weighted by molar-refractivity contribution is 5.89. The van der Waals surface area contributed by atoms with Gasteiger partial charge < -0.3 is 18.9 Å². The average Bonchev–Trinajstić information content (AvgIpc) is 2.85. The van der Waals surface area contributed by atoms with Crippen LogP contribution in [0.5, 0.6) is 11.5 Å². The number of halogens is 1. The summed E-state index contributed by atoms with van der Waals surface area (Å²) in [6, 6.07) is 15.1. The number of benzene rings is 3. The summed E-state index contributed by atoms with van der Waals surface area (Å²) in [5.74, 6) is -1.19. The predicted octanol–water partition coefficient (Wildman–Crippen LogP) is 6.42. The van der Waals surface area contributed by atoms with E-state index in [0.717, 1.165) is 22.3 Å². The summed E-state index contributed by atoms with van der Waals surface area (Å²) >= 11 is 0. The zero-order valence-electron chi connectivity index (χ0n) is 21.4. The van der Waals surface area contributed by atoms with Crippen LogP contribution >= 0.6 is 0 Å². The normalized spacial score (nSPS) is 10.6. The van der Waals surface area contributed by atoms with E-state index in [1.807, 2.05) is 18.2 Å². The zero-order valence-corrected chi connectivity index (χ0v) is 21.4. The molecule has 0 heterocycles. The zero-order chi connectivity index (χ0) is 27.1. The van der Waals surface area contributed by atoms with Crippen molar-refractivity contribution in [3.8, 4) is 33.8 Å². The summed E-state index contributed by atoms with van der Waals surface area (Å²) in [7, 11) is 3.16. The molecule has 0 aliphatic heterocycles. The molecule has 6 nitrogen and oxygen atoms in total.